The predicted octanol–water partition coefficient (Wildman–Crippen LogP) is 4.37. The Bertz CT molecular complexity index is 967. The molecule has 2 amide bonds. The van der Waals surface area contributed by atoms with Crippen LogP contribution in [0.3, 0.4) is 0 Å². The summed E-state index contributed by atoms with van der Waals surface area (Å²) in [6.45, 7) is 4.88. The Hall–Kier alpha value is -2.23. The van der Waals surface area contributed by atoms with Gasteiger partial charge in [-0.1, -0.05) is 17.4 Å². The molecule has 160 valence electrons. The molecule has 5 rings (SSSR count). The van der Waals surface area contributed by atoms with Gasteiger partial charge in [0.25, 0.3) is 0 Å². The fraction of sp³-hybridized carbons (Fsp3) is 0.524. The number of nitrogens with one attached hydrogen (secondary N) is 1. The number of aryl methyl sites for hydroxylation is 2. The zero-order valence-corrected chi connectivity index (χ0v) is 17.8. The Morgan fingerprint density at radius 2 is 2.07 bits per heavy atom. The Morgan fingerprint density at radius 1 is 1.30 bits per heavy atom. The Labute approximate surface area is 178 Å². The molecule has 7 nitrogen and oxygen atoms in total. The van der Waals surface area contributed by atoms with Crippen LogP contribution in [0.1, 0.15) is 48.6 Å². The smallest absolute Gasteiger partial charge is 0.323 e. The number of ether oxygens (including phenoxy) is 3. The number of benzene rings is 1. The van der Waals surface area contributed by atoms with E-state index in [9.17, 15) is 9.18 Å². The van der Waals surface area contributed by atoms with Crippen molar-refractivity contribution in [2.75, 3.05) is 18.4 Å². The molecule has 0 bridgehead atoms. The Kier molecular flexibility index (Phi) is 4.91. The summed E-state index contributed by atoms with van der Waals surface area (Å²) < 4.78 is 30.9. The third-order valence-corrected chi connectivity index (χ3v) is 7.15. The van der Waals surface area contributed by atoms with Crippen LogP contribution in [-0.4, -0.2) is 40.9 Å². The summed E-state index contributed by atoms with van der Waals surface area (Å²) in [5.74, 6) is 0.354. The van der Waals surface area contributed by atoms with Crippen molar-refractivity contribution in [2.24, 2.45) is 0 Å². The van der Waals surface area contributed by atoms with Gasteiger partial charge in [-0.15, -0.1) is 0 Å². The maximum absolute atomic E-state index is 13.6. The summed E-state index contributed by atoms with van der Waals surface area (Å²) in [6.07, 6.45) is 2.60. The molecule has 1 spiro atoms. The molecule has 1 aromatic heterocycles. The van der Waals surface area contributed by atoms with Gasteiger partial charge in [0.15, 0.2) is 11.4 Å². The van der Waals surface area contributed by atoms with Crippen molar-refractivity contribution >= 4 is 22.5 Å². The van der Waals surface area contributed by atoms with E-state index < -0.39 is 6.29 Å². The quantitative estimate of drug-likeness (QED) is 0.761. The first-order valence-electron chi connectivity index (χ1n) is 10.2. The van der Waals surface area contributed by atoms with Gasteiger partial charge in [0.2, 0.25) is 6.29 Å². The molecular weight excluding hydrogens is 409 g/mol. The standard InChI is InChI=1S/C21H24FN3O4S/c1-12-17(18-27-13(2)28-18)30-19(23-12)24-20(26)25-9-7-21(8-10-25)6-5-14-3-4-15(22)11-16(14)29-21/h3-4,11,13,18H,5-10H2,1-2H3,(H,23,24,26). The van der Waals surface area contributed by atoms with Crippen molar-refractivity contribution in [3.8, 4) is 5.75 Å². The number of carbonyl (C=O) groups is 1. The predicted molar refractivity (Wildman–Crippen MR) is 109 cm³/mol. The summed E-state index contributed by atoms with van der Waals surface area (Å²) in [5.41, 5.74) is 1.52. The molecule has 9 heteroatoms. The minimum atomic E-state index is -0.394. The Morgan fingerprint density at radius 3 is 2.80 bits per heavy atom. The number of fused-ring (bicyclic) bond motifs is 1. The van der Waals surface area contributed by atoms with Crippen molar-refractivity contribution in [1.29, 1.82) is 0 Å². The maximum atomic E-state index is 13.6. The largest absolute Gasteiger partial charge is 0.487 e. The van der Waals surface area contributed by atoms with E-state index in [1.54, 1.807) is 11.0 Å². The second-order valence-electron chi connectivity index (χ2n) is 8.09. The lowest BCUT2D eigenvalue weighted by Gasteiger charge is -2.44. The molecule has 30 heavy (non-hydrogen) atoms. The number of piperidine rings is 1. The molecule has 1 aromatic carbocycles. The van der Waals surface area contributed by atoms with E-state index in [-0.39, 0.29) is 23.7 Å². The number of hydrogen-bond acceptors (Lipinski definition) is 6. The molecule has 2 aromatic rings. The van der Waals surface area contributed by atoms with Gasteiger partial charge in [-0.05, 0) is 38.3 Å². The van der Waals surface area contributed by atoms with E-state index in [4.69, 9.17) is 14.2 Å². The van der Waals surface area contributed by atoms with E-state index in [1.807, 2.05) is 13.8 Å². The highest BCUT2D eigenvalue weighted by Gasteiger charge is 2.41. The van der Waals surface area contributed by atoms with Gasteiger partial charge in [-0.25, -0.2) is 14.2 Å². The number of hydrogen-bond donors (Lipinski definition) is 1. The van der Waals surface area contributed by atoms with Gasteiger partial charge in [0, 0.05) is 32.0 Å². The highest BCUT2D eigenvalue weighted by atomic mass is 32.1. The topological polar surface area (TPSA) is 72.9 Å². The Balaban J connectivity index is 1.19. The number of nitrogens with zero attached hydrogens (tertiary/aromatic N) is 2. The lowest BCUT2D eigenvalue weighted by atomic mass is 9.83. The first-order valence-corrected chi connectivity index (χ1v) is 11.0. The van der Waals surface area contributed by atoms with Crippen LogP contribution >= 0.6 is 11.3 Å². The van der Waals surface area contributed by atoms with Gasteiger partial charge in [-0.3, -0.25) is 5.32 Å². The van der Waals surface area contributed by atoms with Gasteiger partial charge in [-0.2, -0.15) is 0 Å². The molecule has 0 aliphatic carbocycles. The van der Waals surface area contributed by atoms with Crippen LogP contribution in [-0.2, 0) is 15.9 Å². The highest BCUT2D eigenvalue weighted by Crippen LogP contribution is 2.40. The van der Waals surface area contributed by atoms with Crippen LogP contribution in [0.5, 0.6) is 5.75 Å². The number of rotatable bonds is 2. The van der Waals surface area contributed by atoms with E-state index in [2.05, 4.69) is 10.3 Å². The molecule has 0 saturated carbocycles. The molecule has 3 aliphatic rings. The van der Waals surface area contributed by atoms with Crippen LogP contribution in [0.15, 0.2) is 18.2 Å². The SMILES string of the molecule is Cc1nc(NC(=O)N2CCC3(CCc4ccc(F)cc4O3)CC2)sc1C1OC(C)O1. The molecule has 2 saturated heterocycles. The minimum Gasteiger partial charge on any atom is -0.487 e. The second-order valence-corrected chi connectivity index (χ2v) is 9.13. The number of carbonyl (C=O) groups excluding carboxylic acids is 1. The van der Waals surface area contributed by atoms with E-state index in [0.717, 1.165) is 41.8 Å². The van der Waals surface area contributed by atoms with E-state index in [1.165, 1.54) is 23.5 Å². The minimum absolute atomic E-state index is 0.170. The number of aromatic nitrogens is 1. The average Bonchev–Trinajstić information content (AvgIpc) is 3.05. The number of amides is 2. The monoisotopic (exact) mass is 433 g/mol. The molecule has 0 atom stereocenters. The molecule has 4 heterocycles. The van der Waals surface area contributed by atoms with Crippen LogP contribution in [0.2, 0.25) is 0 Å². The van der Waals surface area contributed by atoms with Gasteiger partial charge in [0.05, 0.1) is 10.6 Å². The van der Waals surface area contributed by atoms with Crippen molar-refractivity contribution in [3.05, 3.63) is 40.2 Å². The fourth-order valence-electron chi connectivity index (χ4n) is 4.28. The van der Waals surface area contributed by atoms with E-state index in [0.29, 0.717) is 24.0 Å². The molecule has 0 unspecified atom stereocenters. The summed E-state index contributed by atoms with van der Waals surface area (Å²) in [6, 6.07) is 4.57. The van der Waals surface area contributed by atoms with E-state index >= 15 is 0 Å². The van der Waals surface area contributed by atoms with Gasteiger partial charge < -0.3 is 19.1 Å². The summed E-state index contributed by atoms with van der Waals surface area (Å²) in [7, 11) is 0. The summed E-state index contributed by atoms with van der Waals surface area (Å²) >= 11 is 1.37. The lowest BCUT2D eigenvalue weighted by molar-refractivity contribution is -0.381. The number of thiazole rings is 1. The second kappa shape index (κ2) is 7.47. The number of halogens is 1. The summed E-state index contributed by atoms with van der Waals surface area (Å²) in [5, 5.41) is 3.43. The third kappa shape index (κ3) is 3.66. The lowest BCUT2D eigenvalue weighted by Crippen LogP contribution is -2.52. The third-order valence-electron chi connectivity index (χ3n) is 6.06. The van der Waals surface area contributed by atoms with Crippen LogP contribution in [0.25, 0.3) is 0 Å². The number of likely N-dealkylation sites (tertiary alicyclic amines) is 1. The first kappa shape index (κ1) is 19.7. The van der Waals surface area contributed by atoms with Crippen LogP contribution in [0.4, 0.5) is 14.3 Å². The zero-order valence-electron chi connectivity index (χ0n) is 16.9. The molecule has 1 N–H and O–H groups in total. The summed E-state index contributed by atoms with van der Waals surface area (Å²) in [4.78, 5) is 19.8. The van der Waals surface area contributed by atoms with Crippen molar-refractivity contribution < 1.29 is 23.4 Å². The van der Waals surface area contributed by atoms with Crippen LogP contribution < -0.4 is 10.1 Å². The molecule has 0 radical (unpaired) electrons. The highest BCUT2D eigenvalue weighted by molar-refractivity contribution is 7.16. The number of anilines is 1. The van der Waals surface area contributed by atoms with Crippen molar-refractivity contribution in [2.45, 2.75) is 57.7 Å². The first-order chi connectivity index (χ1) is 14.4. The average molecular weight is 434 g/mol. The van der Waals surface area contributed by atoms with Crippen LogP contribution in [0, 0.1) is 12.7 Å². The normalized spacial score (nSPS) is 24.7. The van der Waals surface area contributed by atoms with Crippen molar-refractivity contribution in [3.63, 3.8) is 0 Å². The fourth-order valence-corrected chi connectivity index (χ4v) is 5.21. The van der Waals surface area contributed by atoms with Gasteiger partial charge in [0.1, 0.15) is 17.2 Å². The zero-order chi connectivity index (χ0) is 20.9. The molecule has 3 aliphatic heterocycles. The van der Waals surface area contributed by atoms with Gasteiger partial charge >= 0.3 is 6.03 Å². The maximum Gasteiger partial charge on any atom is 0.323 e. The van der Waals surface area contributed by atoms with Crippen molar-refractivity contribution in [1.82, 2.24) is 9.88 Å². The molecular formula is C21H24FN3O4S. The molecule has 2 fully saturated rings. The number of urea groups is 1.